The van der Waals surface area contributed by atoms with Gasteiger partial charge in [0.25, 0.3) is 0 Å². The van der Waals surface area contributed by atoms with E-state index in [1.807, 2.05) is 0 Å². The Kier molecular flexibility index (Phi) is 3.81. The van der Waals surface area contributed by atoms with Crippen molar-refractivity contribution in [3.8, 4) is 11.5 Å². The maximum atomic E-state index is 12.7. The molecule has 0 saturated carbocycles. The highest BCUT2D eigenvalue weighted by atomic mass is 32.2. The van der Waals surface area contributed by atoms with Crippen molar-refractivity contribution in [3.05, 3.63) is 18.2 Å². The van der Waals surface area contributed by atoms with Crippen molar-refractivity contribution in [2.45, 2.75) is 4.90 Å². The second kappa shape index (κ2) is 5.47. The Labute approximate surface area is 125 Å². The quantitative estimate of drug-likeness (QED) is 0.879. The van der Waals surface area contributed by atoms with Crippen molar-refractivity contribution in [1.82, 2.24) is 9.62 Å². The van der Waals surface area contributed by atoms with Gasteiger partial charge in [0.15, 0.2) is 11.5 Å². The molecule has 0 spiro atoms. The number of hydrogen-bond donors (Lipinski definition) is 1. The molecule has 2 heterocycles. The van der Waals surface area contributed by atoms with Gasteiger partial charge in [-0.25, -0.2) is 8.42 Å². The highest BCUT2D eigenvalue weighted by Gasteiger charge is 2.41. The van der Waals surface area contributed by atoms with Crippen LogP contribution in [0.1, 0.15) is 0 Å². The van der Waals surface area contributed by atoms with Gasteiger partial charge in [0.2, 0.25) is 10.0 Å². The summed E-state index contributed by atoms with van der Waals surface area (Å²) < 4.78 is 37.4. The van der Waals surface area contributed by atoms with Crippen LogP contribution in [0.15, 0.2) is 23.1 Å². The normalized spacial score (nSPS) is 25.8. The van der Waals surface area contributed by atoms with E-state index >= 15 is 0 Å². The maximum Gasteiger partial charge on any atom is 0.243 e. The molecule has 2 aliphatic rings. The molecular weight excluding hydrogens is 292 g/mol. The van der Waals surface area contributed by atoms with E-state index in [-0.39, 0.29) is 4.90 Å². The van der Waals surface area contributed by atoms with Gasteiger partial charge in [-0.05, 0) is 37.1 Å². The van der Waals surface area contributed by atoms with Crippen LogP contribution < -0.4 is 14.8 Å². The lowest BCUT2D eigenvalue weighted by atomic mass is 10.0. The van der Waals surface area contributed by atoms with Crippen LogP contribution in [0.3, 0.4) is 0 Å². The van der Waals surface area contributed by atoms with Crippen LogP contribution in [0.2, 0.25) is 0 Å². The maximum absolute atomic E-state index is 12.7. The van der Waals surface area contributed by atoms with Crippen LogP contribution in [0.5, 0.6) is 11.5 Å². The number of benzene rings is 1. The molecule has 2 unspecified atom stereocenters. The van der Waals surface area contributed by atoms with E-state index < -0.39 is 10.0 Å². The van der Waals surface area contributed by atoms with Crippen molar-refractivity contribution < 1.29 is 17.9 Å². The molecule has 1 aromatic rings. The molecule has 21 heavy (non-hydrogen) atoms. The minimum Gasteiger partial charge on any atom is -0.493 e. The van der Waals surface area contributed by atoms with E-state index in [4.69, 9.17) is 9.47 Å². The summed E-state index contributed by atoms with van der Waals surface area (Å²) in [6, 6.07) is 4.73. The first-order valence-corrected chi connectivity index (χ1v) is 8.43. The third-order valence-corrected chi connectivity index (χ3v) is 6.18. The van der Waals surface area contributed by atoms with Crippen LogP contribution in [-0.4, -0.2) is 53.1 Å². The molecule has 2 aliphatic heterocycles. The number of methoxy groups -OCH3 is 2. The first-order chi connectivity index (χ1) is 10.1. The molecule has 3 rings (SSSR count). The van der Waals surface area contributed by atoms with Crippen molar-refractivity contribution in [1.29, 1.82) is 0 Å². The van der Waals surface area contributed by atoms with Crippen LogP contribution in [0.4, 0.5) is 0 Å². The molecule has 2 atom stereocenters. The van der Waals surface area contributed by atoms with Crippen LogP contribution in [-0.2, 0) is 10.0 Å². The average Bonchev–Trinajstić information content (AvgIpc) is 3.07. The Morgan fingerprint density at radius 2 is 1.71 bits per heavy atom. The molecule has 2 fully saturated rings. The highest BCUT2D eigenvalue weighted by molar-refractivity contribution is 7.89. The Hall–Kier alpha value is -1.31. The molecule has 116 valence electrons. The Morgan fingerprint density at radius 3 is 2.29 bits per heavy atom. The number of sulfonamides is 1. The predicted octanol–water partition coefficient (Wildman–Crippen LogP) is 0.544. The summed E-state index contributed by atoms with van der Waals surface area (Å²) in [7, 11) is -0.440. The fourth-order valence-corrected chi connectivity index (χ4v) is 4.70. The molecule has 7 heteroatoms. The first-order valence-electron chi connectivity index (χ1n) is 6.99. The molecule has 1 aromatic carbocycles. The topological polar surface area (TPSA) is 67.9 Å². The van der Waals surface area contributed by atoms with Crippen molar-refractivity contribution in [3.63, 3.8) is 0 Å². The molecule has 0 amide bonds. The molecule has 6 nitrogen and oxygen atoms in total. The van der Waals surface area contributed by atoms with E-state index in [2.05, 4.69) is 5.32 Å². The minimum absolute atomic E-state index is 0.257. The van der Waals surface area contributed by atoms with E-state index in [1.54, 1.807) is 16.4 Å². The number of nitrogens with zero attached hydrogens (tertiary/aromatic N) is 1. The molecule has 0 aromatic heterocycles. The van der Waals surface area contributed by atoms with Crippen LogP contribution in [0.25, 0.3) is 0 Å². The monoisotopic (exact) mass is 312 g/mol. The number of nitrogens with one attached hydrogen (secondary N) is 1. The SMILES string of the molecule is COc1ccc(S(=O)(=O)N2CC3CNCC3C2)cc1OC. The largest absolute Gasteiger partial charge is 0.493 e. The predicted molar refractivity (Wildman–Crippen MR) is 78.2 cm³/mol. The summed E-state index contributed by atoms with van der Waals surface area (Å²) >= 11 is 0. The summed E-state index contributed by atoms with van der Waals surface area (Å²) in [6.45, 7) is 2.99. The number of fused-ring (bicyclic) bond motifs is 1. The van der Waals surface area contributed by atoms with Crippen molar-refractivity contribution in [2.24, 2.45) is 11.8 Å². The average molecular weight is 312 g/mol. The van der Waals surface area contributed by atoms with Crippen LogP contribution in [0, 0.1) is 11.8 Å². The highest BCUT2D eigenvalue weighted by Crippen LogP contribution is 2.34. The van der Waals surface area contributed by atoms with Gasteiger partial charge in [0.05, 0.1) is 19.1 Å². The van der Waals surface area contributed by atoms with Crippen LogP contribution >= 0.6 is 0 Å². The summed E-state index contributed by atoms with van der Waals surface area (Å²) in [5, 5.41) is 3.31. The smallest absolute Gasteiger partial charge is 0.243 e. The molecule has 2 saturated heterocycles. The van der Waals surface area contributed by atoms with Gasteiger partial charge in [-0.3, -0.25) is 0 Å². The fraction of sp³-hybridized carbons (Fsp3) is 0.571. The van der Waals surface area contributed by atoms with E-state index in [0.29, 0.717) is 36.4 Å². The number of rotatable bonds is 4. The van der Waals surface area contributed by atoms with Crippen molar-refractivity contribution in [2.75, 3.05) is 40.4 Å². The second-order valence-electron chi connectivity index (χ2n) is 5.52. The first kappa shape index (κ1) is 14.6. The zero-order chi connectivity index (χ0) is 15.0. The summed E-state index contributed by atoms with van der Waals surface area (Å²) in [5.74, 6) is 1.82. The lowest BCUT2D eigenvalue weighted by Crippen LogP contribution is -2.31. The van der Waals surface area contributed by atoms with Gasteiger partial charge in [-0.1, -0.05) is 0 Å². The molecule has 0 aliphatic carbocycles. The lowest BCUT2D eigenvalue weighted by molar-refractivity contribution is 0.353. The van der Waals surface area contributed by atoms with Gasteiger partial charge < -0.3 is 14.8 Å². The molecule has 1 N–H and O–H groups in total. The molecule has 0 radical (unpaired) electrons. The van der Waals surface area contributed by atoms with E-state index in [1.165, 1.54) is 20.3 Å². The van der Waals surface area contributed by atoms with Gasteiger partial charge in [0, 0.05) is 19.2 Å². The zero-order valence-electron chi connectivity index (χ0n) is 12.2. The Balaban J connectivity index is 1.88. The standard InChI is InChI=1S/C14H20N2O4S/c1-19-13-4-3-12(5-14(13)20-2)21(17,18)16-8-10-6-15-7-11(10)9-16/h3-5,10-11,15H,6-9H2,1-2H3. The fourth-order valence-electron chi connectivity index (χ4n) is 3.13. The van der Waals surface area contributed by atoms with Gasteiger partial charge in [0.1, 0.15) is 0 Å². The molecule has 0 bridgehead atoms. The van der Waals surface area contributed by atoms with Gasteiger partial charge in [-0.2, -0.15) is 4.31 Å². The number of ether oxygens (including phenoxy) is 2. The summed E-state index contributed by atoms with van der Waals surface area (Å²) in [4.78, 5) is 0.257. The van der Waals surface area contributed by atoms with E-state index in [9.17, 15) is 8.42 Å². The minimum atomic E-state index is -3.47. The lowest BCUT2D eigenvalue weighted by Gasteiger charge is -2.18. The third-order valence-electron chi connectivity index (χ3n) is 4.35. The summed E-state index contributed by atoms with van der Waals surface area (Å²) in [6.07, 6.45) is 0. The van der Waals surface area contributed by atoms with Gasteiger partial charge in [-0.15, -0.1) is 0 Å². The Morgan fingerprint density at radius 1 is 1.10 bits per heavy atom. The van der Waals surface area contributed by atoms with E-state index in [0.717, 1.165) is 13.1 Å². The zero-order valence-corrected chi connectivity index (χ0v) is 13.0. The number of hydrogen-bond acceptors (Lipinski definition) is 5. The van der Waals surface area contributed by atoms with Crippen molar-refractivity contribution >= 4 is 10.0 Å². The second-order valence-corrected chi connectivity index (χ2v) is 7.46. The summed E-state index contributed by atoms with van der Waals surface area (Å²) in [5.41, 5.74) is 0. The Bertz CT molecular complexity index is 620. The molecular formula is C14H20N2O4S. The van der Waals surface area contributed by atoms with Gasteiger partial charge >= 0.3 is 0 Å². The third kappa shape index (κ3) is 2.49.